The summed E-state index contributed by atoms with van der Waals surface area (Å²) >= 11 is 0. The van der Waals surface area contributed by atoms with Crippen molar-refractivity contribution in [3.8, 4) is 0 Å². The lowest BCUT2D eigenvalue weighted by molar-refractivity contribution is 0.528. The van der Waals surface area contributed by atoms with Crippen LogP contribution in [0, 0.1) is 12.7 Å². The average molecular weight is 234 g/mol. The van der Waals surface area contributed by atoms with Gasteiger partial charge in [0.1, 0.15) is 11.3 Å². The highest BCUT2D eigenvalue weighted by Gasteiger charge is 2.09. The molecule has 0 fully saturated rings. The minimum Gasteiger partial charge on any atom is -0.423 e. The zero-order valence-corrected chi connectivity index (χ0v) is 8.77. The molecule has 0 saturated heterocycles. The molecule has 86 valence electrons. The highest BCUT2D eigenvalue weighted by molar-refractivity contribution is 5.74. The number of benzene rings is 1. The first-order valence-corrected chi connectivity index (χ1v) is 4.84. The molecular weight excluding hydrogens is 227 g/mol. The molecule has 3 rings (SSSR count). The zero-order chi connectivity index (χ0) is 11.8. The largest absolute Gasteiger partial charge is 0.423 e. The van der Waals surface area contributed by atoms with Crippen LogP contribution in [0.15, 0.2) is 27.0 Å². The number of fused-ring (bicyclic) bond motifs is 1. The van der Waals surface area contributed by atoms with Crippen LogP contribution < -0.4 is 5.32 Å². The molecule has 1 N–H and O–H groups in total. The lowest BCUT2D eigenvalue weighted by Crippen LogP contribution is -1.89. The molecular formula is C10H7FN4O2. The number of aryl methyl sites for hydroxylation is 1. The molecule has 6 nitrogen and oxygen atoms in total. The van der Waals surface area contributed by atoms with Gasteiger partial charge < -0.3 is 8.83 Å². The summed E-state index contributed by atoms with van der Waals surface area (Å²) in [6.45, 7) is 1.67. The predicted octanol–water partition coefficient (Wildman–Crippen LogP) is 2.40. The summed E-state index contributed by atoms with van der Waals surface area (Å²) in [6.07, 6.45) is 0. The summed E-state index contributed by atoms with van der Waals surface area (Å²) < 4.78 is 23.3. The Morgan fingerprint density at radius 1 is 1.18 bits per heavy atom. The molecule has 0 unspecified atom stereocenters. The second-order valence-corrected chi connectivity index (χ2v) is 3.38. The van der Waals surface area contributed by atoms with Crippen LogP contribution in [0.2, 0.25) is 0 Å². The summed E-state index contributed by atoms with van der Waals surface area (Å²) in [6, 6.07) is 4.44. The van der Waals surface area contributed by atoms with Crippen molar-refractivity contribution in [2.75, 3.05) is 5.32 Å². The van der Waals surface area contributed by atoms with E-state index in [0.29, 0.717) is 17.0 Å². The molecule has 0 atom stereocenters. The molecule has 0 saturated carbocycles. The molecule has 2 heterocycles. The van der Waals surface area contributed by atoms with Gasteiger partial charge in [0.05, 0.1) is 0 Å². The molecule has 2 aromatic heterocycles. The van der Waals surface area contributed by atoms with E-state index in [1.165, 1.54) is 18.2 Å². The van der Waals surface area contributed by atoms with E-state index >= 15 is 0 Å². The van der Waals surface area contributed by atoms with Gasteiger partial charge in [-0.2, -0.15) is 4.98 Å². The number of hydrogen-bond acceptors (Lipinski definition) is 6. The van der Waals surface area contributed by atoms with Crippen molar-refractivity contribution in [3.05, 3.63) is 29.9 Å². The van der Waals surface area contributed by atoms with E-state index in [1.54, 1.807) is 6.92 Å². The van der Waals surface area contributed by atoms with Gasteiger partial charge in [0, 0.05) is 13.0 Å². The third-order valence-corrected chi connectivity index (χ3v) is 2.09. The van der Waals surface area contributed by atoms with Crippen LogP contribution in [0.3, 0.4) is 0 Å². The maximum Gasteiger partial charge on any atom is 0.323 e. The summed E-state index contributed by atoms with van der Waals surface area (Å²) in [5, 5.41) is 10.1. The third-order valence-electron chi connectivity index (χ3n) is 2.09. The Morgan fingerprint density at radius 3 is 2.82 bits per heavy atom. The van der Waals surface area contributed by atoms with E-state index in [2.05, 4.69) is 20.5 Å². The van der Waals surface area contributed by atoms with Gasteiger partial charge in [-0.25, -0.2) is 4.39 Å². The number of aromatic nitrogens is 3. The number of anilines is 2. The number of halogens is 1. The van der Waals surface area contributed by atoms with Gasteiger partial charge in [0.15, 0.2) is 5.58 Å². The van der Waals surface area contributed by atoms with Gasteiger partial charge in [-0.05, 0) is 12.1 Å². The van der Waals surface area contributed by atoms with Crippen LogP contribution in [0.4, 0.5) is 16.4 Å². The van der Waals surface area contributed by atoms with Crippen molar-refractivity contribution in [3.63, 3.8) is 0 Å². The number of hydrogen-bond donors (Lipinski definition) is 1. The maximum atomic E-state index is 12.9. The zero-order valence-electron chi connectivity index (χ0n) is 8.77. The van der Waals surface area contributed by atoms with E-state index in [4.69, 9.17) is 8.83 Å². The SMILES string of the molecule is Cc1nnc(Nc2nc3ccc(F)cc3o2)o1. The minimum atomic E-state index is -0.381. The molecule has 0 aliphatic rings. The quantitative estimate of drug-likeness (QED) is 0.733. The monoisotopic (exact) mass is 234 g/mol. The molecule has 0 radical (unpaired) electrons. The van der Waals surface area contributed by atoms with Crippen LogP contribution in [0.5, 0.6) is 0 Å². The van der Waals surface area contributed by atoms with Crippen molar-refractivity contribution < 1.29 is 13.2 Å². The number of nitrogens with one attached hydrogen (secondary N) is 1. The first kappa shape index (κ1) is 9.76. The fourth-order valence-corrected chi connectivity index (χ4v) is 1.39. The van der Waals surface area contributed by atoms with Gasteiger partial charge in [-0.15, -0.1) is 5.10 Å². The van der Waals surface area contributed by atoms with Gasteiger partial charge in [0.25, 0.3) is 0 Å². The van der Waals surface area contributed by atoms with Gasteiger partial charge in [0.2, 0.25) is 5.89 Å². The van der Waals surface area contributed by atoms with Crippen molar-refractivity contribution in [2.45, 2.75) is 6.92 Å². The molecule has 3 aromatic rings. The molecule has 7 heteroatoms. The fraction of sp³-hybridized carbons (Fsp3) is 0.100. The Kier molecular flexibility index (Phi) is 2.04. The van der Waals surface area contributed by atoms with Crippen molar-refractivity contribution in [1.29, 1.82) is 0 Å². The second kappa shape index (κ2) is 3.55. The van der Waals surface area contributed by atoms with E-state index < -0.39 is 0 Å². The Bertz CT molecular complexity index is 676. The second-order valence-electron chi connectivity index (χ2n) is 3.38. The summed E-state index contributed by atoms with van der Waals surface area (Å²) in [4.78, 5) is 4.09. The molecule has 0 bridgehead atoms. The molecule has 1 aromatic carbocycles. The van der Waals surface area contributed by atoms with Crippen molar-refractivity contribution in [2.24, 2.45) is 0 Å². The van der Waals surface area contributed by atoms with E-state index in [9.17, 15) is 4.39 Å². The van der Waals surface area contributed by atoms with Gasteiger partial charge in [-0.1, -0.05) is 5.10 Å². The summed E-state index contributed by atoms with van der Waals surface area (Å²) in [5.41, 5.74) is 0.897. The maximum absolute atomic E-state index is 12.9. The number of oxazole rings is 1. The number of rotatable bonds is 2. The van der Waals surface area contributed by atoms with Crippen LogP contribution >= 0.6 is 0 Å². The van der Waals surface area contributed by atoms with E-state index in [1.807, 2.05) is 0 Å². The Balaban J connectivity index is 1.95. The van der Waals surface area contributed by atoms with Crippen molar-refractivity contribution in [1.82, 2.24) is 15.2 Å². The summed E-state index contributed by atoms with van der Waals surface area (Å²) in [5.74, 6) is 0.0449. The van der Waals surface area contributed by atoms with Gasteiger partial charge in [-0.3, -0.25) is 5.32 Å². The lowest BCUT2D eigenvalue weighted by atomic mass is 10.3. The summed E-state index contributed by atoms with van der Waals surface area (Å²) in [7, 11) is 0. The van der Waals surface area contributed by atoms with Crippen molar-refractivity contribution >= 4 is 23.1 Å². The highest BCUT2D eigenvalue weighted by atomic mass is 19.1. The Labute approximate surface area is 94.5 Å². The molecule has 0 aliphatic heterocycles. The van der Waals surface area contributed by atoms with Crippen LogP contribution in [-0.2, 0) is 0 Å². The predicted molar refractivity (Wildman–Crippen MR) is 56.3 cm³/mol. The van der Waals surface area contributed by atoms with Gasteiger partial charge >= 0.3 is 12.0 Å². The number of nitrogens with zero attached hydrogens (tertiary/aromatic N) is 3. The first-order valence-electron chi connectivity index (χ1n) is 4.84. The normalized spacial score (nSPS) is 10.9. The standard InChI is InChI=1S/C10H7FN4O2/c1-5-14-15-10(16-5)13-9-12-7-3-2-6(11)4-8(7)17-9/h2-4H,1H3,(H,12,13,15). The smallest absolute Gasteiger partial charge is 0.323 e. The first-order chi connectivity index (χ1) is 8.20. The minimum absolute atomic E-state index is 0.175. The Morgan fingerprint density at radius 2 is 2.06 bits per heavy atom. The third kappa shape index (κ3) is 1.82. The molecule has 0 aliphatic carbocycles. The van der Waals surface area contributed by atoms with E-state index in [0.717, 1.165) is 0 Å². The lowest BCUT2D eigenvalue weighted by Gasteiger charge is -1.91. The average Bonchev–Trinajstić information content (AvgIpc) is 2.84. The molecule has 17 heavy (non-hydrogen) atoms. The topological polar surface area (TPSA) is 77.0 Å². The highest BCUT2D eigenvalue weighted by Crippen LogP contribution is 2.21. The fourth-order valence-electron chi connectivity index (χ4n) is 1.39. The van der Waals surface area contributed by atoms with Crippen LogP contribution in [-0.4, -0.2) is 15.2 Å². The van der Waals surface area contributed by atoms with E-state index in [-0.39, 0.29) is 17.8 Å². The van der Waals surface area contributed by atoms with Crippen LogP contribution in [0.25, 0.3) is 11.1 Å². The van der Waals surface area contributed by atoms with Crippen LogP contribution in [0.1, 0.15) is 5.89 Å². The molecule has 0 spiro atoms. The Hall–Kier alpha value is -2.44. The molecule has 0 amide bonds.